The summed E-state index contributed by atoms with van der Waals surface area (Å²) in [7, 11) is 0. The van der Waals surface area contributed by atoms with Gasteiger partial charge in [-0.15, -0.1) is 0 Å². The lowest BCUT2D eigenvalue weighted by molar-refractivity contribution is -0.117. The van der Waals surface area contributed by atoms with Crippen LogP contribution in [0.2, 0.25) is 0 Å². The summed E-state index contributed by atoms with van der Waals surface area (Å²) in [6, 6.07) is 8.49. The molecule has 20 heavy (non-hydrogen) atoms. The summed E-state index contributed by atoms with van der Waals surface area (Å²) in [6.07, 6.45) is 4.47. The van der Waals surface area contributed by atoms with Crippen LogP contribution in [-0.4, -0.2) is 36.5 Å². The predicted molar refractivity (Wildman–Crippen MR) is 82.7 cm³/mol. The van der Waals surface area contributed by atoms with Crippen LogP contribution in [0.15, 0.2) is 24.3 Å². The molecule has 1 aromatic rings. The fourth-order valence-corrected chi connectivity index (χ4v) is 2.80. The smallest absolute Gasteiger partial charge is 0.238 e. The Morgan fingerprint density at radius 3 is 2.80 bits per heavy atom. The van der Waals surface area contributed by atoms with Gasteiger partial charge in [0, 0.05) is 18.3 Å². The van der Waals surface area contributed by atoms with E-state index in [0.717, 1.165) is 37.9 Å². The van der Waals surface area contributed by atoms with E-state index in [4.69, 9.17) is 5.73 Å². The molecule has 0 spiro atoms. The fraction of sp³-hybridized carbons (Fsp3) is 0.562. The van der Waals surface area contributed by atoms with Gasteiger partial charge in [0.15, 0.2) is 0 Å². The molecular formula is C16H25N3O. The minimum atomic E-state index is 0.0496. The number of benzene rings is 1. The maximum absolute atomic E-state index is 12.0. The Hall–Kier alpha value is -1.39. The van der Waals surface area contributed by atoms with Crippen molar-refractivity contribution in [3.63, 3.8) is 0 Å². The van der Waals surface area contributed by atoms with Crippen LogP contribution in [0.1, 0.15) is 31.7 Å². The molecule has 1 heterocycles. The van der Waals surface area contributed by atoms with Crippen LogP contribution in [0.3, 0.4) is 0 Å². The van der Waals surface area contributed by atoms with Crippen LogP contribution in [0.25, 0.3) is 0 Å². The number of amides is 1. The maximum Gasteiger partial charge on any atom is 0.238 e. The number of nitrogens with two attached hydrogens (primary N) is 1. The third-order valence-corrected chi connectivity index (χ3v) is 3.89. The molecule has 0 aliphatic carbocycles. The molecule has 1 atom stereocenters. The quantitative estimate of drug-likeness (QED) is 0.835. The van der Waals surface area contributed by atoms with E-state index in [2.05, 4.69) is 29.3 Å². The Bertz CT molecular complexity index is 430. The molecule has 1 aliphatic rings. The van der Waals surface area contributed by atoms with Crippen molar-refractivity contribution in [2.45, 2.75) is 38.6 Å². The van der Waals surface area contributed by atoms with E-state index in [1.54, 1.807) is 0 Å². The van der Waals surface area contributed by atoms with Crippen LogP contribution >= 0.6 is 0 Å². The number of carbonyl (C=O) groups is 1. The van der Waals surface area contributed by atoms with E-state index in [9.17, 15) is 4.79 Å². The van der Waals surface area contributed by atoms with Crippen molar-refractivity contribution in [1.82, 2.24) is 4.90 Å². The monoisotopic (exact) mass is 275 g/mol. The van der Waals surface area contributed by atoms with Gasteiger partial charge in [-0.05, 0) is 43.5 Å². The molecule has 4 nitrogen and oxygen atoms in total. The molecule has 0 aromatic heterocycles. The molecule has 0 saturated carbocycles. The van der Waals surface area contributed by atoms with Gasteiger partial charge in [0.2, 0.25) is 5.91 Å². The molecule has 1 amide bonds. The minimum absolute atomic E-state index is 0.0496. The Kier molecular flexibility index (Phi) is 5.56. The zero-order valence-electron chi connectivity index (χ0n) is 12.3. The summed E-state index contributed by atoms with van der Waals surface area (Å²) in [6.45, 7) is 4.22. The third kappa shape index (κ3) is 4.05. The predicted octanol–water partition coefficient (Wildman–Crippen LogP) is 2.00. The number of nitrogens with zero attached hydrogens (tertiary/aromatic N) is 1. The molecule has 4 heteroatoms. The molecule has 2 rings (SSSR count). The lowest BCUT2D eigenvalue weighted by atomic mass is 10.1. The van der Waals surface area contributed by atoms with E-state index in [1.807, 2.05) is 12.1 Å². The minimum Gasteiger partial charge on any atom is -0.329 e. The summed E-state index contributed by atoms with van der Waals surface area (Å²) >= 11 is 0. The van der Waals surface area contributed by atoms with Crippen molar-refractivity contribution in [3.8, 4) is 0 Å². The summed E-state index contributed by atoms with van der Waals surface area (Å²) in [5.41, 5.74) is 7.91. The fourth-order valence-electron chi connectivity index (χ4n) is 2.80. The van der Waals surface area contributed by atoms with Gasteiger partial charge in [-0.25, -0.2) is 0 Å². The van der Waals surface area contributed by atoms with Gasteiger partial charge in [-0.1, -0.05) is 25.5 Å². The second-order valence-electron chi connectivity index (χ2n) is 5.50. The van der Waals surface area contributed by atoms with Gasteiger partial charge < -0.3 is 11.1 Å². The lowest BCUT2D eigenvalue weighted by Gasteiger charge is -2.22. The first-order valence-electron chi connectivity index (χ1n) is 7.56. The van der Waals surface area contributed by atoms with Gasteiger partial charge >= 0.3 is 0 Å². The number of nitrogens with one attached hydrogen (secondary N) is 1. The van der Waals surface area contributed by atoms with E-state index in [1.165, 1.54) is 5.56 Å². The second kappa shape index (κ2) is 7.41. The molecule has 1 aromatic carbocycles. The van der Waals surface area contributed by atoms with E-state index >= 15 is 0 Å². The summed E-state index contributed by atoms with van der Waals surface area (Å²) < 4.78 is 0. The van der Waals surface area contributed by atoms with Crippen LogP contribution in [0.5, 0.6) is 0 Å². The summed E-state index contributed by atoms with van der Waals surface area (Å²) in [4.78, 5) is 14.2. The van der Waals surface area contributed by atoms with E-state index in [0.29, 0.717) is 19.1 Å². The van der Waals surface area contributed by atoms with Crippen molar-refractivity contribution in [2.75, 3.05) is 25.0 Å². The van der Waals surface area contributed by atoms with Crippen molar-refractivity contribution in [3.05, 3.63) is 29.8 Å². The molecule has 110 valence electrons. The highest BCUT2D eigenvalue weighted by molar-refractivity contribution is 5.92. The van der Waals surface area contributed by atoms with Gasteiger partial charge in [-0.3, -0.25) is 9.69 Å². The first kappa shape index (κ1) is 15.0. The molecule has 0 bridgehead atoms. The zero-order chi connectivity index (χ0) is 14.4. The molecular weight excluding hydrogens is 250 g/mol. The second-order valence-corrected chi connectivity index (χ2v) is 5.50. The van der Waals surface area contributed by atoms with E-state index in [-0.39, 0.29) is 5.91 Å². The number of hydrogen-bond acceptors (Lipinski definition) is 3. The highest BCUT2D eigenvalue weighted by Crippen LogP contribution is 2.16. The first-order chi connectivity index (χ1) is 9.72. The number of rotatable bonds is 6. The molecule has 1 saturated heterocycles. The van der Waals surface area contributed by atoms with Crippen molar-refractivity contribution in [1.29, 1.82) is 0 Å². The normalized spacial score (nSPS) is 19.2. The van der Waals surface area contributed by atoms with Gasteiger partial charge in [0.05, 0.1) is 6.54 Å². The van der Waals surface area contributed by atoms with Crippen molar-refractivity contribution >= 4 is 11.6 Å². The van der Waals surface area contributed by atoms with Crippen LogP contribution in [0.4, 0.5) is 5.69 Å². The highest BCUT2D eigenvalue weighted by atomic mass is 16.2. The van der Waals surface area contributed by atoms with Gasteiger partial charge in [0.1, 0.15) is 0 Å². The van der Waals surface area contributed by atoms with Crippen LogP contribution < -0.4 is 11.1 Å². The Morgan fingerprint density at radius 1 is 1.40 bits per heavy atom. The van der Waals surface area contributed by atoms with Crippen molar-refractivity contribution < 1.29 is 4.79 Å². The third-order valence-electron chi connectivity index (χ3n) is 3.89. The molecule has 1 aliphatic heterocycles. The lowest BCUT2D eigenvalue weighted by Crippen LogP contribution is -2.40. The molecule has 3 N–H and O–H groups in total. The Balaban J connectivity index is 1.84. The number of anilines is 1. The Labute approximate surface area is 121 Å². The van der Waals surface area contributed by atoms with Gasteiger partial charge in [0.25, 0.3) is 0 Å². The maximum atomic E-state index is 12.0. The number of carbonyl (C=O) groups excluding carboxylic acids is 1. The standard InChI is InChI=1S/C16H25N3O/c1-2-4-13-6-8-14(9-7-13)18-16(20)12-19-10-3-5-15(19)11-17/h6-9,15H,2-5,10-12,17H2,1H3,(H,18,20). The van der Waals surface area contributed by atoms with Crippen LogP contribution in [-0.2, 0) is 11.2 Å². The topological polar surface area (TPSA) is 58.4 Å². The summed E-state index contributed by atoms with van der Waals surface area (Å²) in [5, 5.41) is 2.96. The zero-order valence-corrected chi connectivity index (χ0v) is 12.3. The van der Waals surface area contributed by atoms with Crippen molar-refractivity contribution in [2.24, 2.45) is 5.73 Å². The summed E-state index contributed by atoms with van der Waals surface area (Å²) in [5.74, 6) is 0.0496. The largest absolute Gasteiger partial charge is 0.329 e. The number of hydrogen-bond donors (Lipinski definition) is 2. The van der Waals surface area contributed by atoms with Crippen LogP contribution in [0, 0.1) is 0 Å². The SMILES string of the molecule is CCCc1ccc(NC(=O)CN2CCCC2CN)cc1. The number of likely N-dealkylation sites (tertiary alicyclic amines) is 1. The number of aryl methyl sites for hydroxylation is 1. The van der Waals surface area contributed by atoms with Gasteiger partial charge in [-0.2, -0.15) is 0 Å². The first-order valence-corrected chi connectivity index (χ1v) is 7.56. The Morgan fingerprint density at radius 2 is 2.15 bits per heavy atom. The average molecular weight is 275 g/mol. The molecule has 1 unspecified atom stereocenters. The van der Waals surface area contributed by atoms with E-state index < -0.39 is 0 Å². The molecule has 0 radical (unpaired) electrons. The average Bonchev–Trinajstić information content (AvgIpc) is 2.88. The highest BCUT2D eigenvalue weighted by Gasteiger charge is 2.24. The molecule has 1 fully saturated rings.